The summed E-state index contributed by atoms with van der Waals surface area (Å²) in [6, 6.07) is 10.0. The Hall–Kier alpha value is -1.39. The van der Waals surface area contributed by atoms with E-state index in [4.69, 9.17) is 0 Å². The topological polar surface area (TPSA) is 36.1 Å². The third-order valence-corrected chi connectivity index (χ3v) is 3.91. The zero-order valence-corrected chi connectivity index (χ0v) is 11.6. The highest BCUT2D eigenvalue weighted by molar-refractivity contribution is 7.09. The number of nitrogens with zero attached hydrogens (tertiary/aromatic N) is 1. The molecule has 96 valence electrons. The maximum absolute atomic E-state index is 11.6. The minimum atomic E-state index is 0.0241. The predicted octanol–water partition coefficient (Wildman–Crippen LogP) is 2.95. The van der Waals surface area contributed by atoms with Crippen molar-refractivity contribution in [2.45, 2.75) is 20.4 Å². The van der Waals surface area contributed by atoms with E-state index in [0.29, 0.717) is 0 Å². The van der Waals surface area contributed by atoms with Gasteiger partial charge in [0.05, 0.1) is 5.69 Å². The molecule has 1 aromatic heterocycles. The Kier molecular flexibility index (Phi) is 4.33. The second kappa shape index (κ2) is 5.98. The lowest BCUT2D eigenvalue weighted by Gasteiger charge is -2.17. The average Bonchev–Trinajstić information content (AvgIpc) is 2.78. The third-order valence-electron chi connectivity index (χ3n) is 3.05. The van der Waals surface area contributed by atoms with Crippen molar-refractivity contribution in [1.29, 1.82) is 0 Å². The molecule has 2 aromatic rings. The summed E-state index contributed by atoms with van der Waals surface area (Å²) in [4.78, 5) is 18.0. The van der Waals surface area contributed by atoms with Crippen LogP contribution in [0.5, 0.6) is 0 Å². The van der Waals surface area contributed by atoms with Gasteiger partial charge in [0.2, 0.25) is 0 Å². The molecule has 0 radical (unpaired) electrons. The summed E-state index contributed by atoms with van der Waals surface area (Å²) in [7, 11) is 0. The number of rotatable bonds is 5. The summed E-state index contributed by atoms with van der Waals surface area (Å²) in [6.07, 6.45) is 0. The SMILES string of the molecule is CCN(CC)Cc1sc(=O)[nH]c1-c1ccccc1. The molecule has 3 nitrogen and oxygen atoms in total. The van der Waals surface area contributed by atoms with Crippen LogP contribution in [0.3, 0.4) is 0 Å². The van der Waals surface area contributed by atoms with Gasteiger partial charge >= 0.3 is 4.87 Å². The van der Waals surface area contributed by atoms with E-state index >= 15 is 0 Å². The standard InChI is InChI=1S/C14H18N2OS/c1-3-16(4-2)10-12-13(15-14(17)18-12)11-8-6-5-7-9-11/h5-9H,3-4,10H2,1-2H3,(H,15,17). The summed E-state index contributed by atoms with van der Waals surface area (Å²) < 4.78 is 0. The molecule has 1 aromatic carbocycles. The number of thiazole rings is 1. The Morgan fingerprint density at radius 1 is 1.17 bits per heavy atom. The zero-order valence-electron chi connectivity index (χ0n) is 10.8. The van der Waals surface area contributed by atoms with Crippen LogP contribution in [-0.4, -0.2) is 23.0 Å². The van der Waals surface area contributed by atoms with Crippen molar-refractivity contribution in [1.82, 2.24) is 9.88 Å². The van der Waals surface area contributed by atoms with Crippen molar-refractivity contribution < 1.29 is 0 Å². The first-order valence-corrected chi connectivity index (χ1v) is 7.06. The molecule has 0 saturated carbocycles. The number of aromatic nitrogens is 1. The molecule has 0 aliphatic heterocycles. The van der Waals surface area contributed by atoms with Crippen LogP contribution in [0.1, 0.15) is 18.7 Å². The minimum Gasteiger partial charge on any atom is -0.312 e. The maximum atomic E-state index is 11.6. The van der Waals surface area contributed by atoms with E-state index in [1.807, 2.05) is 30.3 Å². The molecule has 0 aliphatic rings. The molecule has 0 amide bonds. The molecular formula is C14H18N2OS. The number of benzene rings is 1. The Morgan fingerprint density at radius 2 is 1.83 bits per heavy atom. The molecule has 4 heteroatoms. The third kappa shape index (κ3) is 2.89. The first kappa shape index (κ1) is 13.1. The molecule has 0 saturated heterocycles. The number of hydrogen-bond donors (Lipinski definition) is 1. The predicted molar refractivity (Wildman–Crippen MR) is 77.0 cm³/mol. The normalized spacial score (nSPS) is 11.1. The zero-order chi connectivity index (χ0) is 13.0. The molecule has 18 heavy (non-hydrogen) atoms. The maximum Gasteiger partial charge on any atom is 0.305 e. The van der Waals surface area contributed by atoms with Crippen LogP contribution in [-0.2, 0) is 6.54 Å². The quantitative estimate of drug-likeness (QED) is 0.899. The first-order chi connectivity index (χ1) is 8.74. The Morgan fingerprint density at radius 3 is 2.44 bits per heavy atom. The van der Waals surface area contributed by atoms with Crippen LogP contribution in [0.25, 0.3) is 11.3 Å². The van der Waals surface area contributed by atoms with E-state index in [1.165, 1.54) is 11.3 Å². The highest BCUT2D eigenvalue weighted by Crippen LogP contribution is 2.24. The van der Waals surface area contributed by atoms with E-state index in [9.17, 15) is 4.79 Å². The van der Waals surface area contributed by atoms with Crippen molar-refractivity contribution in [2.24, 2.45) is 0 Å². The van der Waals surface area contributed by atoms with Crippen molar-refractivity contribution in [3.63, 3.8) is 0 Å². The molecule has 0 bridgehead atoms. The van der Waals surface area contributed by atoms with E-state index in [-0.39, 0.29) is 4.87 Å². The van der Waals surface area contributed by atoms with Crippen molar-refractivity contribution in [3.05, 3.63) is 44.9 Å². The van der Waals surface area contributed by atoms with Crippen molar-refractivity contribution in [3.8, 4) is 11.3 Å². The van der Waals surface area contributed by atoms with Crippen LogP contribution in [0.2, 0.25) is 0 Å². The van der Waals surface area contributed by atoms with Gasteiger partial charge in [-0.1, -0.05) is 55.5 Å². The van der Waals surface area contributed by atoms with Gasteiger partial charge in [-0.2, -0.15) is 0 Å². The minimum absolute atomic E-state index is 0.0241. The molecule has 0 fully saturated rings. The first-order valence-electron chi connectivity index (χ1n) is 6.24. The number of H-pyrrole nitrogens is 1. The van der Waals surface area contributed by atoms with Crippen LogP contribution >= 0.6 is 11.3 Å². The van der Waals surface area contributed by atoms with Gasteiger partial charge in [0.15, 0.2) is 0 Å². The fourth-order valence-electron chi connectivity index (χ4n) is 1.96. The lowest BCUT2D eigenvalue weighted by Crippen LogP contribution is -2.21. The second-order valence-corrected chi connectivity index (χ2v) is 5.21. The summed E-state index contributed by atoms with van der Waals surface area (Å²) in [5, 5.41) is 0. The number of nitrogens with one attached hydrogen (secondary N) is 1. The van der Waals surface area contributed by atoms with Gasteiger partial charge in [-0.05, 0) is 18.7 Å². The Bertz CT molecular complexity index is 540. The summed E-state index contributed by atoms with van der Waals surface area (Å²) in [5.41, 5.74) is 2.05. The average molecular weight is 262 g/mol. The fourth-order valence-corrected chi connectivity index (χ4v) is 2.85. The van der Waals surface area contributed by atoms with E-state index in [2.05, 4.69) is 23.7 Å². The summed E-state index contributed by atoms with van der Waals surface area (Å²) in [5.74, 6) is 0. The molecule has 1 N–H and O–H groups in total. The van der Waals surface area contributed by atoms with Crippen LogP contribution in [0, 0.1) is 0 Å². The highest BCUT2D eigenvalue weighted by atomic mass is 32.1. The second-order valence-electron chi connectivity index (χ2n) is 4.14. The smallest absolute Gasteiger partial charge is 0.305 e. The number of aromatic amines is 1. The number of hydrogen-bond acceptors (Lipinski definition) is 3. The Balaban J connectivity index is 2.34. The fraction of sp³-hybridized carbons (Fsp3) is 0.357. The van der Waals surface area contributed by atoms with Gasteiger partial charge in [0.25, 0.3) is 0 Å². The van der Waals surface area contributed by atoms with Gasteiger partial charge in [-0.3, -0.25) is 9.69 Å². The highest BCUT2D eigenvalue weighted by Gasteiger charge is 2.12. The molecule has 2 rings (SSSR count). The van der Waals surface area contributed by atoms with Crippen LogP contribution in [0.4, 0.5) is 0 Å². The van der Waals surface area contributed by atoms with Crippen LogP contribution in [0.15, 0.2) is 35.1 Å². The van der Waals surface area contributed by atoms with E-state index in [0.717, 1.165) is 35.8 Å². The summed E-state index contributed by atoms with van der Waals surface area (Å²) >= 11 is 1.32. The Labute approximate surface area is 111 Å². The monoisotopic (exact) mass is 262 g/mol. The van der Waals surface area contributed by atoms with Crippen LogP contribution < -0.4 is 4.87 Å². The van der Waals surface area contributed by atoms with Gasteiger partial charge in [0, 0.05) is 11.4 Å². The van der Waals surface area contributed by atoms with E-state index < -0.39 is 0 Å². The molecule has 0 spiro atoms. The molecule has 0 aliphatic carbocycles. The van der Waals surface area contributed by atoms with Gasteiger partial charge in [0.1, 0.15) is 0 Å². The lowest BCUT2D eigenvalue weighted by atomic mass is 10.1. The van der Waals surface area contributed by atoms with Gasteiger partial charge in [-0.25, -0.2) is 0 Å². The van der Waals surface area contributed by atoms with Gasteiger partial charge < -0.3 is 4.98 Å². The van der Waals surface area contributed by atoms with E-state index in [1.54, 1.807) is 0 Å². The van der Waals surface area contributed by atoms with Crippen molar-refractivity contribution >= 4 is 11.3 Å². The largest absolute Gasteiger partial charge is 0.312 e. The van der Waals surface area contributed by atoms with Gasteiger partial charge in [-0.15, -0.1) is 0 Å². The van der Waals surface area contributed by atoms with Crippen molar-refractivity contribution in [2.75, 3.05) is 13.1 Å². The molecule has 1 heterocycles. The molecular weight excluding hydrogens is 244 g/mol. The molecule has 0 unspecified atom stereocenters. The molecule has 0 atom stereocenters. The summed E-state index contributed by atoms with van der Waals surface area (Å²) in [6.45, 7) is 7.11. The lowest BCUT2D eigenvalue weighted by molar-refractivity contribution is 0.298.